The van der Waals surface area contributed by atoms with Gasteiger partial charge in [0.05, 0.1) is 6.26 Å². The second kappa shape index (κ2) is 8.87. The molecule has 0 unspecified atom stereocenters. The van der Waals surface area contributed by atoms with Crippen molar-refractivity contribution in [1.82, 2.24) is 14.5 Å². The molecule has 4 rings (SSSR count). The van der Waals surface area contributed by atoms with Crippen molar-refractivity contribution in [2.75, 3.05) is 0 Å². The third-order valence-corrected chi connectivity index (χ3v) is 5.54. The van der Waals surface area contributed by atoms with E-state index in [4.69, 9.17) is 9.15 Å². The third-order valence-electron chi connectivity index (χ3n) is 4.65. The first-order valence-corrected chi connectivity index (χ1v) is 10.4. The van der Waals surface area contributed by atoms with Crippen molar-refractivity contribution in [2.45, 2.75) is 32.4 Å². The lowest BCUT2D eigenvalue weighted by molar-refractivity contribution is 0.0242. The molecule has 0 saturated carbocycles. The maximum Gasteiger partial charge on any atom is 0.358 e. The Morgan fingerprint density at radius 2 is 2.14 bits per heavy atom. The standard InChI is InChI=1S/C22H21N3O3S/c1-2-25-12-11-23-20(25)19(9-8-16-6-4-3-5-7-16)28-22(26)18-15-29-21(24-18)17-10-13-27-14-17/h3-7,10-15,19H,2,8-9H2,1H3/t19-/m1/s1. The molecule has 1 aromatic carbocycles. The van der Waals surface area contributed by atoms with Gasteiger partial charge in [-0.25, -0.2) is 14.8 Å². The molecule has 29 heavy (non-hydrogen) atoms. The molecule has 0 bridgehead atoms. The molecular formula is C22H21N3O3S. The summed E-state index contributed by atoms with van der Waals surface area (Å²) in [7, 11) is 0. The zero-order valence-electron chi connectivity index (χ0n) is 16.0. The quantitative estimate of drug-likeness (QED) is 0.378. The number of nitrogens with zero attached hydrogens (tertiary/aromatic N) is 3. The molecule has 4 aromatic rings. The summed E-state index contributed by atoms with van der Waals surface area (Å²) in [6.45, 7) is 2.80. The monoisotopic (exact) mass is 407 g/mol. The molecule has 1 atom stereocenters. The van der Waals surface area contributed by atoms with E-state index in [1.54, 1.807) is 24.1 Å². The number of carbonyl (C=O) groups is 1. The average molecular weight is 407 g/mol. The molecule has 0 radical (unpaired) electrons. The lowest BCUT2D eigenvalue weighted by Crippen LogP contribution is -2.17. The second-order valence-corrected chi connectivity index (χ2v) is 7.40. The topological polar surface area (TPSA) is 70.2 Å². The number of rotatable bonds is 8. The van der Waals surface area contributed by atoms with Gasteiger partial charge in [0.2, 0.25) is 0 Å². The van der Waals surface area contributed by atoms with E-state index in [-0.39, 0.29) is 0 Å². The van der Waals surface area contributed by atoms with Crippen LogP contribution in [-0.2, 0) is 17.7 Å². The van der Waals surface area contributed by atoms with E-state index in [0.29, 0.717) is 12.1 Å². The van der Waals surface area contributed by atoms with Crippen molar-refractivity contribution < 1.29 is 13.9 Å². The van der Waals surface area contributed by atoms with Crippen LogP contribution in [0.2, 0.25) is 0 Å². The van der Waals surface area contributed by atoms with Gasteiger partial charge in [-0.05, 0) is 31.4 Å². The number of aryl methyl sites for hydroxylation is 2. The van der Waals surface area contributed by atoms with Crippen LogP contribution in [0.1, 0.15) is 41.3 Å². The van der Waals surface area contributed by atoms with E-state index in [1.807, 2.05) is 42.0 Å². The van der Waals surface area contributed by atoms with Crippen molar-refractivity contribution >= 4 is 17.3 Å². The van der Waals surface area contributed by atoms with E-state index < -0.39 is 12.1 Å². The highest BCUT2D eigenvalue weighted by atomic mass is 32.1. The van der Waals surface area contributed by atoms with Crippen LogP contribution in [0.25, 0.3) is 10.6 Å². The molecule has 0 N–H and O–H groups in total. The van der Waals surface area contributed by atoms with Crippen LogP contribution >= 0.6 is 11.3 Å². The van der Waals surface area contributed by atoms with Gasteiger partial charge in [0.1, 0.15) is 17.1 Å². The van der Waals surface area contributed by atoms with Crippen LogP contribution < -0.4 is 0 Å². The summed E-state index contributed by atoms with van der Waals surface area (Å²) < 4.78 is 13.0. The molecule has 0 saturated heterocycles. The smallest absolute Gasteiger partial charge is 0.358 e. The fourth-order valence-corrected chi connectivity index (χ4v) is 3.91. The first-order valence-electron chi connectivity index (χ1n) is 9.48. The first kappa shape index (κ1) is 19.1. The molecule has 0 aliphatic heterocycles. The molecule has 0 amide bonds. The Balaban J connectivity index is 1.52. The van der Waals surface area contributed by atoms with Crippen LogP contribution in [0.4, 0.5) is 0 Å². The number of hydrogen-bond donors (Lipinski definition) is 0. The summed E-state index contributed by atoms with van der Waals surface area (Å²) in [5.74, 6) is 0.307. The second-order valence-electron chi connectivity index (χ2n) is 6.54. The summed E-state index contributed by atoms with van der Waals surface area (Å²) in [4.78, 5) is 21.7. The van der Waals surface area contributed by atoms with Crippen molar-refractivity contribution in [3.63, 3.8) is 0 Å². The molecule has 0 aliphatic rings. The van der Waals surface area contributed by atoms with Crippen LogP contribution in [0.3, 0.4) is 0 Å². The number of thiazole rings is 1. The van der Waals surface area contributed by atoms with Crippen molar-refractivity contribution in [3.8, 4) is 10.6 Å². The lowest BCUT2D eigenvalue weighted by Gasteiger charge is -2.18. The molecule has 3 aromatic heterocycles. The Kier molecular flexibility index (Phi) is 5.86. The molecule has 148 valence electrons. The highest BCUT2D eigenvalue weighted by Gasteiger charge is 2.24. The number of furan rings is 1. The van der Waals surface area contributed by atoms with Crippen LogP contribution in [0, 0.1) is 0 Å². The minimum Gasteiger partial charge on any atom is -0.472 e. The summed E-state index contributed by atoms with van der Waals surface area (Å²) in [5.41, 5.74) is 2.33. The summed E-state index contributed by atoms with van der Waals surface area (Å²) in [6.07, 6.45) is 7.81. The van der Waals surface area contributed by atoms with Gasteiger partial charge in [0.15, 0.2) is 11.8 Å². The fourth-order valence-electron chi connectivity index (χ4n) is 3.14. The molecule has 0 spiro atoms. The van der Waals surface area contributed by atoms with E-state index in [0.717, 1.165) is 29.4 Å². The van der Waals surface area contributed by atoms with E-state index in [1.165, 1.54) is 16.9 Å². The molecule has 6 nitrogen and oxygen atoms in total. The van der Waals surface area contributed by atoms with Crippen molar-refractivity contribution in [2.24, 2.45) is 0 Å². The summed E-state index contributed by atoms with van der Waals surface area (Å²) in [5, 5.41) is 2.44. The predicted molar refractivity (Wildman–Crippen MR) is 111 cm³/mol. The minimum atomic E-state index is -0.447. The van der Waals surface area contributed by atoms with Gasteiger partial charge in [-0.15, -0.1) is 11.3 Å². The number of ether oxygens (including phenoxy) is 1. The van der Waals surface area contributed by atoms with Gasteiger partial charge in [-0.3, -0.25) is 0 Å². The lowest BCUT2D eigenvalue weighted by atomic mass is 10.1. The maximum absolute atomic E-state index is 12.8. The largest absolute Gasteiger partial charge is 0.472 e. The molecule has 0 aliphatic carbocycles. The Hall–Kier alpha value is -3.19. The predicted octanol–water partition coefficient (Wildman–Crippen LogP) is 5.15. The van der Waals surface area contributed by atoms with Gasteiger partial charge in [-0.1, -0.05) is 30.3 Å². The average Bonchev–Trinajstić information content (AvgIpc) is 3.52. The van der Waals surface area contributed by atoms with E-state index >= 15 is 0 Å². The third kappa shape index (κ3) is 4.46. The van der Waals surface area contributed by atoms with Crippen LogP contribution in [0.5, 0.6) is 0 Å². The summed E-state index contributed by atoms with van der Waals surface area (Å²) in [6, 6.07) is 12.0. The molecule has 0 fully saturated rings. The number of benzene rings is 1. The Labute approximate surface area is 172 Å². The van der Waals surface area contributed by atoms with Gasteiger partial charge in [0.25, 0.3) is 0 Å². The normalized spacial score (nSPS) is 12.0. The van der Waals surface area contributed by atoms with Crippen molar-refractivity contribution in [3.05, 3.63) is 83.8 Å². The highest BCUT2D eigenvalue weighted by molar-refractivity contribution is 7.13. The maximum atomic E-state index is 12.8. The SMILES string of the molecule is CCn1ccnc1[C@@H](CCc1ccccc1)OC(=O)c1csc(-c2ccoc2)n1. The van der Waals surface area contributed by atoms with Gasteiger partial charge in [0, 0.05) is 29.9 Å². The molecular weight excluding hydrogens is 386 g/mol. The van der Waals surface area contributed by atoms with Gasteiger partial charge >= 0.3 is 5.97 Å². The highest BCUT2D eigenvalue weighted by Crippen LogP contribution is 2.27. The van der Waals surface area contributed by atoms with E-state index in [2.05, 4.69) is 22.1 Å². The number of carbonyl (C=O) groups excluding carboxylic acids is 1. The van der Waals surface area contributed by atoms with Crippen LogP contribution in [0.15, 0.2) is 71.1 Å². The fraction of sp³-hybridized carbons (Fsp3) is 0.227. The molecule has 7 heteroatoms. The zero-order chi connectivity index (χ0) is 20.1. The van der Waals surface area contributed by atoms with Crippen molar-refractivity contribution in [1.29, 1.82) is 0 Å². The Morgan fingerprint density at radius 1 is 1.28 bits per heavy atom. The number of aromatic nitrogens is 3. The van der Waals surface area contributed by atoms with Gasteiger partial charge < -0.3 is 13.7 Å². The summed E-state index contributed by atoms with van der Waals surface area (Å²) >= 11 is 1.39. The Bertz CT molecular complexity index is 1050. The Morgan fingerprint density at radius 3 is 2.90 bits per heavy atom. The molecule has 3 heterocycles. The first-order chi connectivity index (χ1) is 14.2. The minimum absolute atomic E-state index is 0.297. The van der Waals surface area contributed by atoms with Crippen LogP contribution in [-0.4, -0.2) is 20.5 Å². The van der Waals surface area contributed by atoms with E-state index in [9.17, 15) is 4.79 Å². The number of hydrogen-bond acceptors (Lipinski definition) is 6. The zero-order valence-corrected chi connectivity index (χ0v) is 16.8. The number of imidazole rings is 1. The van der Waals surface area contributed by atoms with Gasteiger partial charge in [-0.2, -0.15) is 0 Å². The number of esters is 1.